The zero-order valence-corrected chi connectivity index (χ0v) is 24.2. The van der Waals surface area contributed by atoms with Crippen molar-refractivity contribution in [3.05, 3.63) is 63.7 Å². The lowest BCUT2D eigenvalue weighted by atomic mass is 10.1. The van der Waals surface area contributed by atoms with Crippen LogP contribution in [-0.2, 0) is 0 Å². The molecule has 0 radical (unpaired) electrons. The monoisotopic (exact) mass is 642 g/mol. The maximum Gasteiger partial charge on any atom is 0.256 e. The molecule has 0 spiro atoms. The number of benzene rings is 3. The minimum atomic E-state index is 0.00184. The molecule has 8 nitrogen and oxygen atoms in total. The van der Waals surface area contributed by atoms with E-state index in [1.807, 2.05) is 53.6 Å². The third-order valence-corrected chi connectivity index (χ3v) is 7.56. The third-order valence-electron chi connectivity index (χ3n) is 6.71. The fraction of sp³-hybridized carbons (Fsp3) is 0.333. The van der Waals surface area contributed by atoms with E-state index < -0.39 is 0 Å². The van der Waals surface area contributed by atoms with Gasteiger partial charge in [0.1, 0.15) is 23.0 Å². The van der Waals surface area contributed by atoms with Crippen LogP contribution in [0.25, 0.3) is 0 Å². The first-order valence-electron chi connectivity index (χ1n) is 13.0. The average Bonchev–Trinajstić information content (AvgIpc) is 3.39. The lowest BCUT2D eigenvalue weighted by Gasteiger charge is -2.20. The van der Waals surface area contributed by atoms with E-state index in [1.54, 1.807) is 26.4 Å². The first-order valence-corrected chi connectivity index (χ1v) is 14.1. The number of carbonyl (C=O) groups is 1. The topological polar surface area (TPSA) is 78.8 Å². The van der Waals surface area contributed by atoms with Crippen molar-refractivity contribution in [3.63, 3.8) is 0 Å². The normalized spacial score (nSPS) is 15.8. The number of rotatable bonds is 11. The van der Waals surface area contributed by atoms with E-state index in [0.29, 0.717) is 36.0 Å². The maximum absolute atomic E-state index is 13.0. The van der Waals surface area contributed by atoms with Gasteiger partial charge in [-0.3, -0.25) is 9.79 Å². The highest BCUT2D eigenvalue weighted by Crippen LogP contribution is 2.38. The number of hydrogen-bond acceptors (Lipinski definition) is 7. The third kappa shape index (κ3) is 6.41. The Morgan fingerprint density at radius 1 is 0.872 bits per heavy atom. The highest BCUT2D eigenvalue weighted by molar-refractivity contribution is 14.1. The van der Waals surface area contributed by atoms with E-state index in [9.17, 15) is 4.79 Å². The maximum atomic E-state index is 13.0. The summed E-state index contributed by atoms with van der Waals surface area (Å²) in [7, 11) is 3.22. The predicted octanol–water partition coefficient (Wildman–Crippen LogP) is 6.66. The Morgan fingerprint density at radius 3 is 2.36 bits per heavy atom. The molecule has 204 valence electrons. The van der Waals surface area contributed by atoms with Crippen molar-refractivity contribution in [2.45, 2.75) is 31.7 Å². The Hall–Kier alpha value is -3.47. The quantitative estimate of drug-likeness (QED) is 0.172. The zero-order valence-electron chi connectivity index (χ0n) is 22.0. The lowest BCUT2D eigenvalue weighted by molar-refractivity contribution is 0.0774. The van der Waals surface area contributed by atoms with E-state index in [0.717, 1.165) is 58.8 Å². The fourth-order valence-corrected chi connectivity index (χ4v) is 5.22. The summed E-state index contributed by atoms with van der Waals surface area (Å²) in [5.74, 6) is 4.22. The molecule has 0 bridgehead atoms. The molecule has 2 aliphatic rings. The van der Waals surface area contributed by atoms with Gasteiger partial charge in [-0.1, -0.05) is 0 Å². The summed E-state index contributed by atoms with van der Waals surface area (Å²) in [5.41, 5.74) is 1.19. The minimum Gasteiger partial charge on any atom is -0.497 e. The van der Waals surface area contributed by atoms with Crippen molar-refractivity contribution >= 4 is 40.4 Å². The summed E-state index contributed by atoms with van der Waals surface area (Å²) in [6.45, 7) is 1.82. The summed E-state index contributed by atoms with van der Waals surface area (Å²) in [6.07, 6.45) is 5.45. The minimum absolute atomic E-state index is 0.00184. The van der Waals surface area contributed by atoms with Crippen LogP contribution in [0.2, 0.25) is 0 Å². The molecule has 2 aliphatic heterocycles. The van der Waals surface area contributed by atoms with E-state index in [1.165, 1.54) is 0 Å². The summed E-state index contributed by atoms with van der Waals surface area (Å²) in [5, 5.41) is 0. The number of amides is 1. The standard InChI is InChI=1S/C30H31IN2O6/c1-35-21-7-9-22(10-8-21)39-27-12-11-23(16-25(27)31)37-14-3-4-15-38-29-18-26-24(17-28(29)36-2)30(34)33-13-5-6-20(33)19-32-26/h7-12,16-20H,3-6,13-15H2,1-2H3/t20-/m0/s1. The van der Waals surface area contributed by atoms with Gasteiger partial charge in [0.25, 0.3) is 5.91 Å². The Morgan fingerprint density at radius 2 is 1.62 bits per heavy atom. The number of methoxy groups -OCH3 is 2. The molecule has 0 unspecified atom stereocenters. The fourth-order valence-electron chi connectivity index (χ4n) is 4.62. The second-order valence-electron chi connectivity index (χ2n) is 9.28. The molecule has 1 saturated heterocycles. The molecule has 1 atom stereocenters. The van der Waals surface area contributed by atoms with Crippen LogP contribution in [0.1, 0.15) is 36.0 Å². The number of halogens is 1. The highest BCUT2D eigenvalue weighted by atomic mass is 127. The molecule has 5 rings (SSSR count). The Bertz CT molecular complexity index is 1340. The van der Waals surface area contributed by atoms with Crippen molar-refractivity contribution in [3.8, 4) is 34.5 Å². The number of fused-ring (bicyclic) bond motifs is 2. The number of unbranched alkanes of at least 4 members (excludes halogenated alkanes) is 1. The van der Waals surface area contributed by atoms with Crippen molar-refractivity contribution in [1.29, 1.82) is 0 Å². The number of ether oxygens (including phenoxy) is 5. The molecule has 2 heterocycles. The van der Waals surface area contributed by atoms with Crippen LogP contribution in [0.15, 0.2) is 59.6 Å². The Kier molecular flexibility index (Phi) is 8.75. The van der Waals surface area contributed by atoms with Crippen LogP contribution in [0.3, 0.4) is 0 Å². The van der Waals surface area contributed by atoms with Crippen molar-refractivity contribution in [2.75, 3.05) is 34.0 Å². The second kappa shape index (κ2) is 12.6. The number of carbonyl (C=O) groups excluding carboxylic acids is 1. The Labute approximate surface area is 242 Å². The summed E-state index contributed by atoms with van der Waals surface area (Å²) < 4.78 is 29.6. The molecule has 39 heavy (non-hydrogen) atoms. The van der Waals surface area contributed by atoms with Gasteiger partial charge in [-0.25, -0.2) is 0 Å². The average molecular weight is 642 g/mol. The van der Waals surface area contributed by atoms with E-state index >= 15 is 0 Å². The van der Waals surface area contributed by atoms with Crippen LogP contribution >= 0.6 is 22.6 Å². The molecule has 1 fully saturated rings. The summed E-state index contributed by atoms with van der Waals surface area (Å²) in [6, 6.07) is 16.9. The molecule has 1 amide bonds. The molecule has 3 aromatic carbocycles. The first kappa shape index (κ1) is 27.1. The summed E-state index contributed by atoms with van der Waals surface area (Å²) in [4.78, 5) is 19.5. The molecular weight excluding hydrogens is 611 g/mol. The van der Waals surface area contributed by atoms with Crippen LogP contribution in [-0.4, -0.2) is 57.0 Å². The zero-order chi connectivity index (χ0) is 27.2. The summed E-state index contributed by atoms with van der Waals surface area (Å²) >= 11 is 2.25. The highest BCUT2D eigenvalue weighted by Gasteiger charge is 2.32. The van der Waals surface area contributed by atoms with Gasteiger partial charge in [0.05, 0.1) is 48.3 Å². The van der Waals surface area contributed by atoms with Gasteiger partial charge >= 0.3 is 0 Å². The van der Waals surface area contributed by atoms with Gasteiger partial charge in [-0.15, -0.1) is 0 Å². The van der Waals surface area contributed by atoms with Gasteiger partial charge in [-0.05, 0) is 96.8 Å². The van der Waals surface area contributed by atoms with Crippen LogP contribution < -0.4 is 23.7 Å². The molecule has 0 aliphatic carbocycles. The van der Waals surface area contributed by atoms with Gasteiger partial charge in [-0.2, -0.15) is 0 Å². The molecule has 0 N–H and O–H groups in total. The van der Waals surface area contributed by atoms with E-state index in [2.05, 4.69) is 27.6 Å². The molecule has 3 aromatic rings. The van der Waals surface area contributed by atoms with E-state index in [4.69, 9.17) is 23.7 Å². The number of hydrogen-bond donors (Lipinski definition) is 0. The first-order chi connectivity index (χ1) is 19.1. The number of aliphatic imine (C=N–C) groups is 1. The van der Waals surface area contributed by atoms with Gasteiger partial charge in [0.15, 0.2) is 11.5 Å². The Balaban J connectivity index is 1.10. The SMILES string of the molecule is COc1ccc(Oc2ccc(OCCCCOc3cc4c(cc3OC)C(=O)N3CCC[C@H]3C=N4)cc2I)cc1. The van der Waals surface area contributed by atoms with Crippen LogP contribution in [0.4, 0.5) is 5.69 Å². The van der Waals surface area contributed by atoms with Crippen molar-refractivity contribution in [2.24, 2.45) is 4.99 Å². The van der Waals surface area contributed by atoms with Crippen molar-refractivity contribution < 1.29 is 28.5 Å². The van der Waals surface area contributed by atoms with Crippen molar-refractivity contribution in [1.82, 2.24) is 4.90 Å². The van der Waals surface area contributed by atoms with Gasteiger partial charge < -0.3 is 28.6 Å². The molecule has 0 saturated carbocycles. The molecule has 9 heteroatoms. The van der Waals surface area contributed by atoms with Crippen LogP contribution in [0.5, 0.6) is 34.5 Å². The predicted molar refractivity (Wildman–Crippen MR) is 158 cm³/mol. The van der Waals surface area contributed by atoms with Gasteiger partial charge in [0.2, 0.25) is 0 Å². The number of nitrogens with zero attached hydrogens (tertiary/aromatic N) is 2. The largest absolute Gasteiger partial charge is 0.497 e. The molecule has 0 aromatic heterocycles. The van der Waals surface area contributed by atoms with E-state index in [-0.39, 0.29) is 11.9 Å². The smallest absolute Gasteiger partial charge is 0.256 e. The molecular formula is C30H31IN2O6. The van der Waals surface area contributed by atoms with Gasteiger partial charge in [0, 0.05) is 18.8 Å². The second-order valence-corrected chi connectivity index (χ2v) is 10.4. The van der Waals surface area contributed by atoms with Crippen LogP contribution in [0, 0.1) is 3.57 Å². The lowest BCUT2D eigenvalue weighted by Crippen LogP contribution is -2.35.